The minimum Gasteiger partial charge on any atom is -0.315 e. The van der Waals surface area contributed by atoms with Crippen LogP contribution in [0.2, 0.25) is 0 Å². The van der Waals surface area contributed by atoms with Crippen molar-refractivity contribution in [3.63, 3.8) is 0 Å². The van der Waals surface area contributed by atoms with E-state index >= 15 is 0 Å². The third-order valence-corrected chi connectivity index (χ3v) is 5.79. The maximum Gasteiger partial charge on any atom is 0.271 e. The number of halogens is 1. The van der Waals surface area contributed by atoms with Gasteiger partial charge in [0.1, 0.15) is 10.0 Å². The molecule has 20 heavy (non-hydrogen) atoms. The highest BCUT2D eigenvalue weighted by Crippen LogP contribution is 2.28. The van der Waals surface area contributed by atoms with E-state index in [1.54, 1.807) is 19.2 Å². The topological polar surface area (TPSA) is 58.2 Å². The number of thiophene rings is 1. The van der Waals surface area contributed by atoms with Gasteiger partial charge < -0.3 is 5.32 Å². The van der Waals surface area contributed by atoms with Crippen molar-refractivity contribution in [3.8, 4) is 0 Å². The van der Waals surface area contributed by atoms with Crippen LogP contribution >= 0.6 is 11.3 Å². The molecule has 0 bridgehead atoms. The Morgan fingerprint density at radius 2 is 2.00 bits per heavy atom. The molecular formula is C13H15FN2O2S2. The first-order valence-electron chi connectivity index (χ1n) is 5.95. The van der Waals surface area contributed by atoms with Crippen LogP contribution in [0.3, 0.4) is 0 Å². The predicted octanol–water partition coefficient (Wildman–Crippen LogP) is 2.72. The normalized spacial score (nSPS) is 11.6. The Hall–Kier alpha value is -1.44. The summed E-state index contributed by atoms with van der Waals surface area (Å²) in [5.74, 6) is -0.597. The molecule has 108 valence electrons. The van der Waals surface area contributed by atoms with Gasteiger partial charge in [-0.15, -0.1) is 11.3 Å². The third kappa shape index (κ3) is 3.17. The average Bonchev–Trinajstić information content (AvgIpc) is 2.75. The third-order valence-electron chi connectivity index (χ3n) is 2.72. The smallest absolute Gasteiger partial charge is 0.271 e. The lowest BCUT2D eigenvalue weighted by atomic mass is 10.3. The standard InChI is InChI=1S/C13H15FN2O2S2/c1-9-7-13(19-12(9)8-15-2)20(17,18)16-11-6-4-3-5-10(11)14/h3-7,15-16H,8H2,1-2H3. The Morgan fingerprint density at radius 1 is 1.30 bits per heavy atom. The first-order chi connectivity index (χ1) is 9.44. The molecule has 0 unspecified atom stereocenters. The lowest BCUT2D eigenvalue weighted by molar-refractivity contribution is 0.600. The molecule has 0 aliphatic heterocycles. The molecule has 7 heteroatoms. The zero-order chi connectivity index (χ0) is 14.8. The summed E-state index contributed by atoms with van der Waals surface area (Å²) in [6.45, 7) is 2.46. The molecule has 2 rings (SSSR count). The van der Waals surface area contributed by atoms with Crippen LogP contribution in [0, 0.1) is 12.7 Å². The molecule has 0 aliphatic rings. The van der Waals surface area contributed by atoms with Gasteiger partial charge in [0, 0.05) is 11.4 Å². The lowest BCUT2D eigenvalue weighted by Gasteiger charge is -2.06. The number of sulfonamides is 1. The minimum absolute atomic E-state index is 0.0475. The molecule has 1 aromatic carbocycles. The predicted molar refractivity (Wildman–Crippen MR) is 79.0 cm³/mol. The van der Waals surface area contributed by atoms with Gasteiger partial charge in [-0.1, -0.05) is 12.1 Å². The second-order valence-electron chi connectivity index (χ2n) is 4.29. The van der Waals surface area contributed by atoms with E-state index in [0.29, 0.717) is 6.54 Å². The van der Waals surface area contributed by atoms with Crippen molar-refractivity contribution in [1.82, 2.24) is 5.32 Å². The van der Waals surface area contributed by atoms with Gasteiger partial charge in [0.15, 0.2) is 0 Å². The molecule has 0 saturated carbocycles. The van der Waals surface area contributed by atoms with Crippen molar-refractivity contribution in [2.24, 2.45) is 0 Å². The maximum atomic E-state index is 13.5. The monoisotopic (exact) mass is 314 g/mol. The summed E-state index contributed by atoms with van der Waals surface area (Å²) in [6, 6.07) is 7.28. The van der Waals surface area contributed by atoms with Crippen LogP contribution in [-0.4, -0.2) is 15.5 Å². The number of hydrogen-bond donors (Lipinski definition) is 2. The highest BCUT2D eigenvalue weighted by molar-refractivity contribution is 7.94. The average molecular weight is 314 g/mol. The quantitative estimate of drug-likeness (QED) is 0.892. The largest absolute Gasteiger partial charge is 0.315 e. The molecule has 1 aromatic heterocycles. The summed E-state index contributed by atoms with van der Waals surface area (Å²) in [4.78, 5) is 0.946. The van der Waals surface area contributed by atoms with Gasteiger partial charge in [-0.05, 0) is 37.7 Å². The molecule has 0 amide bonds. The van der Waals surface area contributed by atoms with E-state index < -0.39 is 15.8 Å². The summed E-state index contributed by atoms with van der Waals surface area (Å²) in [7, 11) is -1.96. The van der Waals surface area contributed by atoms with Crippen molar-refractivity contribution in [1.29, 1.82) is 0 Å². The van der Waals surface area contributed by atoms with Gasteiger partial charge in [-0.3, -0.25) is 4.72 Å². The van der Waals surface area contributed by atoms with Gasteiger partial charge in [-0.2, -0.15) is 0 Å². The second kappa shape index (κ2) is 5.90. The van der Waals surface area contributed by atoms with Crippen LogP contribution in [-0.2, 0) is 16.6 Å². The van der Waals surface area contributed by atoms with Gasteiger partial charge in [-0.25, -0.2) is 12.8 Å². The summed E-state index contributed by atoms with van der Waals surface area (Å²) < 4.78 is 40.4. The molecule has 2 aromatic rings. The van der Waals surface area contributed by atoms with Crippen LogP contribution < -0.4 is 10.0 Å². The van der Waals surface area contributed by atoms with Gasteiger partial charge >= 0.3 is 0 Å². The number of nitrogens with one attached hydrogen (secondary N) is 2. The molecule has 0 saturated heterocycles. The highest BCUT2D eigenvalue weighted by atomic mass is 32.2. The van der Waals surface area contributed by atoms with Gasteiger partial charge in [0.2, 0.25) is 0 Å². The molecule has 0 fully saturated rings. The van der Waals surface area contributed by atoms with E-state index in [-0.39, 0.29) is 9.90 Å². The van der Waals surface area contributed by atoms with E-state index in [1.807, 2.05) is 6.92 Å². The Morgan fingerprint density at radius 3 is 2.65 bits per heavy atom. The Balaban J connectivity index is 2.31. The fourth-order valence-corrected chi connectivity index (χ4v) is 4.36. The summed E-state index contributed by atoms with van der Waals surface area (Å²) in [5, 5.41) is 2.98. The molecule has 0 radical (unpaired) electrons. The summed E-state index contributed by atoms with van der Waals surface area (Å²) >= 11 is 1.18. The van der Waals surface area contributed by atoms with Gasteiger partial charge in [0.25, 0.3) is 10.0 Å². The van der Waals surface area contributed by atoms with E-state index in [2.05, 4.69) is 10.0 Å². The van der Waals surface area contributed by atoms with Crippen LogP contribution in [0.5, 0.6) is 0 Å². The SMILES string of the molecule is CNCc1sc(S(=O)(=O)Nc2ccccc2F)cc1C. The Labute approximate surface area is 121 Å². The zero-order valence-corrected chi connectivity index (χ0v) is 12.7. The molecule has 0 atom stereocenters. The molecule has 1 heterocycles. The number of hydrogen-bond acceptors (Lipinski definition) is 4. The first-order valence-corrected chi connectivity index (χ1v) is 8.25. The van der Waals surface area contributed by atoms with E-state index in [1.165, 1.54) is 29.5 Å². The fraction of sp³-hybridized carbons (Fsp3) is 0.231. The molecule has 2 N–H and O–H groups in total. The van der Waals surface area contributed by atoms with E-state index in [4.69, 9.17) is 0 Å². The first kappa shape index (κ1) is 15.0. The van der Waals surface area contributed by atoms with Crippen molar-refractivity contribution in [2.45, 2.75) is 17.7 Å². The Bertz CT molecular complexity index is 711. The van der Waals surface area contributed by atoms with Crippen molar-refractivity contribution in [3.05, 3.63) is 46.6 Å². The van der Waals surface area contributed by atoms with Gasteiger partial charge in [0.05, 0.1) is 5.69 Å². The van der Waals surface area contributed by atoms with Crippen LogP contribution in [0.4, 0.5) is 10.1 Å². The fourth-order valence-electron chi connectivity index (χ4n) is 1.70. The summed E-state index contributed by atoms with van der Waals surface area (Å²) in [6.07, 6.45) is 0. The summed E-state index contributed by atoms with van der Waals surface area (Å²) in [5.41, 5.74) is 0.854. The van der Waals surface area contributed by atoms with E-state index in [9.17, 15) is 12.8 Å². The van der Waals surface area contributed by atoms with E-state index in [0.717, 1.165) is 10.4 Å². The highest BCUT2D eigenvalue weighted by Gasteiger charge is 2.20. The second-order valence-corrected chi connectivity index (χ2v) is 7.33. The molecule has 0 spiro atoms. The van der Waals surface area contributed by atoms with Crippen molar-refractivity contribution < 1.29 is 12.8 Å². The van der Waals surface area contributed by atoms with Crippen molar-refractivity contribution in [2.75, 3.05) is 11.8 Å². The number of aryl methyl sites for hydroxylation is 1. The van der Waals surface area contributed by atoms with Crippen LogP contribution in [0.1, 0.15) is 10.4 Å². The van der Waals surface area contributed by atoms with Crippen LogP contribution in [0.25, 0.3) is 0 Å². The lowest BCUT2D eigenvalue weighted by Crippen LogP contribution is -2.12. The van der Waals surface area contributed by atoms with Crippen LogP contribution in [0.15, 0.2) is 34.5 Å². The minimum atomic E-state index is -3.76. The molecular weight excluding hydrogens is 299 g/mol. The number of benzene rings is 1. The zero-order valence-electron chi connectivity index (χ0n) is 11.1. The molecule has 0 aliphatic carbocycles. The molecule has 4 nitrogen and oxygen atoms in total. The number of rotatable bonds is 5. The van der Waals surface area contributed by atoms with Crippen molar-refractivity contribution >= 4 is 27.0 Å². The number of para-hydroxylation sites is 1. The Kier molecular flexibility index (Phi) is 4.42. The maximum absolute atomic E-state index is 13.5. The number of anilines is 1.